The molecule has 3 atom stereocenters. The maximum Gasteiger partial charge on any atom is 0.233 e. The Morgan fingerprint density at radius 2 is 1.97 bits per heavy atom. The van der Waals surface area contributed by atoms with Crippen LogP contribution < -0.4 is 10.2 Å². The fraction of sp³-hybridized carbons (Fsp3) is 0.652. The standard InChI is InChI=1S/C23H32BrN5O2S/c24-17-8-9-19-18(16-17)22(31)29(23(32)26-19)11-5-1-2-7-21(30)28-14-12-27(13-15-28)20-6-3-4-10-25-20/h3-4,6,10,17-19H,1-2,5,7-9,11-16H2,(H,26,32). The van der Waals surface area contributed by atoms with Crippen molar-refractivity contribution in [2.45, 2.75) is 55.8 Å². The Kier molecular flexibility index (Phi) is 7.99. The number of halogens is 1. The van der Waals surface area contributed by atoms with E-state index in [1.54, 1.807) is 11.1 Å². The number of carbonyl (C=O) groups excluding carboxylic acids is 2. The van der Waals surface area contributed by atoms with Crippen molar-refractivity contribution in [3.8, 4) is 0 Å². The fourth-order valence-electron chi connectivity index (χ4n) is 4.92. The molecule has 2 amide bonds. The number of anilines is 1. The number of rotatable bonds is 7. The summed E-state index contributed by atoms with van der Waals surface area (Å²) in [5, 5.41) is 3.96. The van der Waals surface area contributed by atoms with Crippen LogP contribution in [0.25, 0.3) is 0 Å². The Morgan fingerprint density at radius 3 is 2.72 bits per heavy atom. The molecule has 4 rings (SSSR count). The Balaban J connectivity index is 1.14. The summed E-state index contributed by atoms with van der Waals surface area (Å²) in [5.41, 5.74) is 0. The molecule has 3 unspecified atom stereocenters. The van der Waals surface area contributed by atoms with Gasteiger partial charge in [-0.05, 0) is 56.5 Å². The number of hydrogen-bond donors (Lipinski definition) is 1. The zero-order chi connectivity index (χ0) is 22.5. The number of nitrogens with zero attached hydrogens (tertiary/aromatic N) is 4. The van der Waals surface area contributed by atoms with Crippen LogP contribution in [0.3, 0.4) is 0 Å². The van der Waals surface area contributed by atoms with Gasteiger partial charge in [0.2, 0.25) is 11.8 Å². The number of piperazine rings is 1. The molecule has 0 spiro atoms. The van der Waals surface area contributed by atoms with E-state index in [4.69, 9.17) is 12.2 Å². The lowest BCUT2D eigenvalue weighted by atomic mass is 9.82. The van der Waals surface area contributed by atoms with Crippen molar-refractivity contribution in [2.75, 3.05) is 37.6 Å². The molecule has 3 heterocycles. The fourth-order valence-corrected chi connectivity index (χ4v) is 5.92. The second kappa shape index (κ2) is 10.9. The molecule has 0 bridgehead atoms. The van der Waals surface area contributed by atoms with E-state index in [1.807, 2.05) is 23.1 Å². The van der Waals surface area contributed by atoms with Gasteiger partial charge in [0.05, 0.1) is 5.92 Å². The smallest absolute Gasteiger partial charge is 0.233 e. The molecule has 32 heavy (non-hydrogen) atoms. The second-order valence-electron chi connectivity index (χ2n) is 8.93. The highest BCUT2D eigenvalue weighted by Gasteiger charge is 2.42. The monoisotopic (exact) mass is 521 g/mol. The van der Waals surface area contributed by atoms with E-state index in [-0.39, 0.29) is 23.8 Å². The number of nitrogens with one attached hydrogen (secondary N) is 1. The minimum atomic E-state index is 0.0196. The number of carbonyl (C=O) groups is 2. The first-order valence-electron chi connectivity index (χ1n) is 11.7. The van der Waals surface area contributed by atoms with E-state index < -0.39 is 0 Å². The van der Waals surface area contributed by atoms with Crippen molar-refractivity contribution >= 4 is 50.9 Å². The van der Waals surface area contributed by atoms with Gasteiger partial charge in [0.25, 0.3) is 0 Å². The molecule has 3 aliphatic rings. The van der Waals surface area contributed by atoms with Crippen LogP contribution in [0.1, 0.15) is 44.9 Å². The zero-order valence-electron chi connectivity index (χ0n) is 18.4. The van der Waals surface area contributed by atoms with E-state index in [2.05, 4.69) is 31.1 Å². The quantitative estimate of drug-likeness (QED) is 0.338. The van der Waals surface area contributed by atoms with Gasteiger partial charge in [-0.15, -0.1) is 0 Å². The number of fused-ring (bicyclic) bond motifs is 1. The number of pyridine rings is 1. The number of aromatic nitrogens is 1. The third-order valence-corrected chi connectivity index (χ3v) is 7.97. The van der Waals surface area contributed by atoms with Crippen molar-refractivity contribution < 1.29 is 9.59 Å². The second-order valence-corrected chi connectivity index (χ2v) is 10.6. The molecule has 1 aromatic heterocycles. The van der Waals surface area contributed by atoms with Crippen molar-refractivity contribution in [3.05, 3.63) is 24.4 Å². The lowest BCUT2D eigenvalue weighted by molar-refractivity contribution is -0.135. The van der Waals surface area contributed by atoms with Gasteiger partial charge >= 0.3 is 0 Å². The molecular weight excluding hydrogens is 490 g/mol. The summed E-state index contributed by atoms with van der Waals surface area (Å²) in [6.07, 6.45) is 7.93. The molecule has 174 valence electrons. The summed E-state index contributed by atoms with van der Waals surface area (Å²) >= 11 is 9.14. The molecule has 1 saturated carbocycles. The Morgan fingerprint density at radius 1 is 1.16 bits per heavy atom. The van der Waals surface area contributed by atoms with E-state index >= 15 is 0 Å². The molecule has 2 saturated heterocycles. The molecule has 1 aromatic rings. The highest BCUT2D eigenvalue weighted by atomic mass is 79.9. The topological polar surface area (TPSA) is 68.8 Å². The Labute approximate surface area is 204 Å². The first-order chi connectivity index (χ1) is 15.5. The van der Waals surface area contributed by atoms with Gasteiger partial charge in [0.15, 0.2) is 5.11 Å². The van der Waals surface area contributed by atoms with E-state index in [0.717, 1.165) is 70.5 Å². The molecular formula is C23H32BrN5O2S. The van der Waals surface area contributed by atoms with E-state index in [1.165, 1.54) is 0 Å². The SMILES string of the molecule is O=C(CCCCCN1C(=O)C2CC(Br)CCC2NC1=S)N1CCN(c2ccccn2)CC1. The summed E-state index contributed by atoms with van der Waals surface area (Å²) < 4.78 is 0. The summed E-state index contributed by atoms with van der Waals surface area (Å²) in [6.45, 7) is 3.77. The van der Waals surface area contributed by atoms with Crippen LogP contribution in [0.4, 0.5) is 5.82 Å². The Bertz CT molecular complexity index is 818. The van der Waals surface area contributed by atoms with Crippen LogP contribution in [-0.4, -0.2) is 75.3 Å². The van der Waals surface area contributed by atoms with Gasteiger partial charge in [-0.2, -0.15) is 0 Å². The molecule has 2 aliphatic heterocycles. The van der Waals surface area contributed by atoms with Crippen molar-refractivity contribution in [1.29, 1.82) is 0 Å². The van der Waals surface area contributed by atoms with E-state index in [0.29, 0.717) is 22.9 Å². The van der Waals surface area contributed by atoms with Crippen LogP contribution in [0.2, 0.25) is 0 Å². The minimum absolute atomic E-state index is 0.0196. The van der Waals surface area contributed by atoms with Crippen LogP contribution >= 0.6 is 28.1 Å². The number of alkyl halides is 1. The highest BCUT2D eigenvalue weighted by Crippen LogP contribution is 2.33. The first kappa shape index (κ1) is 23.4. The average Bonchev–Trinajstić information content (AvgIpc) is 2.82. The normalized spacial score (nSPS) is 26.0. The zero-order valence-corrected chi connectivity index (χ0v) is 20.8. The van der Waals surface area contributed by atoms with Gasteiger partial charge in [-0.3, -0.25) is 14.5 Å². The lowest BCUT2D eigenvalue weighted by Gasteiger charge is -2.43. The predicted octanol–water partition coefficient (Wildman–Crippen LogP) is 2.94. The number of unbranched alkanes of at least 4 members (excludes halogenated alkanes) is 2. The van der Waals surface area contributed by atoms with E-state index in [9.17, 15) is 9.59 Å². The first-order valence-corrected chi connectivity index (χ1v) is 13.0. The van der Waals surface area contributed by atoms with Crippen molar-refractivity contribution in [1.82, 2.24) is 20.1 Å². The van der Waals surface area contributed by atoms with Crippen molar-refractivity contribution in [2.24, 2.45) is 5.92 Å². The van der Waals surface area contributed by atoms with Crippen molar-refractivity contribution in [3.63, 3.8) is 0 Å². The molecule has 1 N–H and O–H groups in total. The molecule has 7 nitrogen and oxygen atoms in total. The number of amides is 2. The van der Waals surface area contributed by atoms with Crippen LogP contribution in [0.15, 0.2) is 24.4 Å². The average molecular weight is 523 g/mol. The summed E-state index contributed by atoms with van der Waals surface area (Å²) in [4.78, 5) is 36.3. The summed E-state index contributed by atoms with van der Waals surface area (Å²) in [7, 11) is 0. The third kappa shape index (κ3) is 5.60. The largest absolute Gasteiger partial charge is 0.359 e. The summed E-state index contributed by atoms with van der Waals surface area (Å²) in [5.74, 6) is 1.40. The van der Waals surface area contributed by atoms with Gasteiger partial charge < -0.3 is 15.1 Å². The predicted molar refractivity (Wildman–Crippen MR) is 133 cm³/mol. The van der Waals surface area contributed by atoms with Gasteiger partial charge in [0.1, 0.15) is 5.82 Å². The molecule has 3 fully saturated rings. The van der Waals surface area contributed by atoms with Crippen LogP contribution in [0.5, 0.6) is 0 Å². The van der Waals surface area contributed by atoms with Crippen LogP contribution in [0, 0.1) is 5.92 Å². The lowest BCUT2D eigenvalue weighted by Crippen LogP contribution is -2.61. The van der Waals surface area contributed by atoms with Crippen LogP contribution in [-0.2, 0) is 9.59 Å². The number of hydrogen-bond acceptors (Lipinski definition) is 5. The van der Waals surface area contributed by atoms with Gasteiger partial charge in [0, 0.05) is 56.2 Å². The third-order valence-electron chi connectivity index (χ3n) is 6.80. The maximum atomic E-state index is 12.9. The molecule has 1 aliphatic carbocycles. The number of thiocarbonyl (C=S) groups is 1. The molecule has 0 radical (unpaired) electrons. The molecule has 9 heteroatoms. The Hall–Kier alpha value is -1.74. The van der Waals surface area contributed by atoms with Gasteiger partial charge in [-0.1, -0.05) is 28.4 Å². The highest BCUT2D eigenvalue weighted by molar-refractivity contribution is 9.09. The van der Waals surface area contributed by atoms with Gasteiger partial charge in [-0.25, -0.2) is 4.98 Å². The molecule has 0 aromatic carbocycles. The maximum absolute atomic E-state index is 12.9. The summed E-state index contributed by atoms with van der Waals surface area (Å²) in [6, 6.07) is 6.11. The minimum Gasteiger partial charge on any atom is -0.359 e.